The summed E-state index contributed by atoms with van der Waals surface area (Å²) >= 11 is 1.66. The smallest absolute Gasteiger partial charge is 0.234 e. The third-order valence-corrected chi connectivity index (χ3v) is 5.29. The van der Waals surface area contributed by atoms with Crippen molar-refractivity contribution in [2.45, 2.75) is 36.6 Å². The standard InChI is InChI=1S/C19H21NO2S/c1-2-22-13-16-9-4-3-8-15(16)12-20-19(21)18-11-14-7-5-6-10-17(14)23-18/h3-10,18H,2,11-13H2,1H3,(H,20,21)/t18-/m1/s1. The number of ether oxygens (including phenoxy) is 1. The Bertz CT molecular complexity index is 662. The number of rotatable bonds is 6. The zero-order chi connectivity index (χ0) is 16.1. The molecular formula is C19H21NO2S. The van der Waals surface area contributed by atoms with Crippen molar-refractivity contribution in [2.24, 2.45) is 0 Å². The third kappa shape index (κ3) is 3.95. The minimum Gasteiger partial charge on any atom is -0.377 e. The number of carbonyl (C=O) groups is 1. The van der Waals surface area contributed by atoms with E-state index in [1.807, 2.05) is 37.3 Å². The van der Waals surface area contributed by atoms with E-state index in [1.54, 1.807) is 11.8 Å². The molecule has 0 fully saturated rings. The molecule has 0 saturated heterocycles. The molecule has 1 aliphatic rings. The van der Waals surface area contributed by atoms with E-state index in [0.29, 0.717) is 19.8 Å². The molecule has 3 nitrogen and oxygen atoms in total. The van der Waals surface area contributed by atoms with Crippen molar-refractivity contribution < 1.29 is 9.53 Å². The number of carbonyl (C=O) groups excluding carboxylic acids is 1. The lowest BCUT2D eigenvalue weighted by Gasteiger charge is -2.13. The first-order chi connectivity index (χ1) is 11.3. The van der Waals surface area contributed by atoms with Crippen LogP contribution in [-0.4, -0.2) is 17.8 Å². The predicted molar refractivity (Wildman–Crippen MR) is 93.4 cm³/mol. The van der Waals surface area contributed by atoms with Crippen LogP contribution in [-0.2, 0) is 29.1 Å². The lowest BCUT2D eigenvalue weighted by atomic mass is 10.1. The number of fused-ring (bicyclic) bond motifs is 1. The number of benzene rings is 2. The van der Waals surface area contributed by atoms with E-state index in [1.165, 1.54) is 10.5 Å². The van der Waals surface area contributed by atoms with Gasteiger partial charge in [-0.05, 0) is 36.1 Å². The first-order valence-electron chi connectivity index (χ1n) is 7.94. The van der Waals surface area contributed by atoms with Gasteiger partial charge in [-0.2, -0.15) is 0 Å². The Labute approximate surface area is 141 Å². The minimum atomic E-state index is -0.0218. The van der Waals surface area contributed by atoms with Crippen molar-refractivity contribution in [1.82, 2.24) is 5.32 Å². The molecule has 2 aromatic rings. The molecule has 0 unspecified atom stereocenters. The van der Waals surface area contributed by atoms with Gasteiger partial charge in [-0.25, -0.2) is 0 Å². The highest BCUT2D eigenvalue weighted by molar-refractivity contribution is 8.01. The maximum Gasteiger partial charge on any atom is 0.234 e. The van der Waals surface area contributed by atoms with Crippen molar-refractivity contribution >= 4 is 17.7 Å². The molecule has 1 amide bonds. The second-order valence-corrected chi connectivity index (χ2v) is 6.79. The molecule has 0 radical (unpaired) electrons. The van der Waals surface area contributed by atoms with Crippen molar-refractivity contribution in [3.8, 4) is 0 Å². The summed E-state index contributed by atoms with van der Waals surface area (Å²) in [5.41, 5.74) is 3.53. The largest absolute Gasteiger partial charge is 0.377 e. The van der Waals surface area contributed by atoms with Crippen LogP contribution in [0.4, 0.5) is 0 Å². The van der Waals surface area contributed by atoms with Gasteiger partial charge in [-0.3, -0.25) is 4.79 Å². The normalized spacial score (nSPS) is 16.1. The molecule has 3 rings (SSSR count). The number of nitrogens with one attached hydrogen (secondary N) is 1. The maximum atomic E-state index is 12.4. The highest BCUT2D eigenvalue weighted by Crippen LogP contribution is 2.36. The second kappa shape index (κ2) is 7.66. The van der Waals surface area contributed by atoms with Gasteiger partial charge in [0.25, 0.3) is 0 Å². The maximum absolute atomic E-state index is 12.4. The molecule has 1 N–H and O–H groups in total. The summed E-state index contributed by atoms with van der Waals surface area (Å²) in [6.07, 6.45) is 0.813. The Morgan fingerprint density at radius 3 is 2.70 bits per heavy atom. The van der Waals surface area contributed by atoms with Crippen LogP contribution in [0.15, 0.2) is 53.4 Å². The highest BCUT2D eigenvalue weighted by Gasteiger charge is 2.27. The molecule has 0 spiro atoms. The van der Waals surface area contributed by atoms with E-state index in [0.717, 1.165) is 17.5 Å². The van der Waals surface area contributed by atoms with E-state index < -0.39 is 0 Å². The zero-order valence-corrected chi connectivity index (χ0v) is 14.1. The lowest BCUT2D eigenvalue weighted by Crippen LogP contribution is -2.32. The molecule has 120 valence electrons. The fraction of sp³-hybridized carbons (Fsp3) is 0.316. The van der Waals surface area contributed by atoms with Crippen molar-refractivity contribution in [1.29, 1.82) is 0 Å². The first-order valence-corrected chi connectivity index (χ1v) is 8.82. The first kappa shape index (κ1) is 16.1. The summed E-state index contributed by atoms with van der Waals surface area (Å²) in [7, 11) is 0. The summed E-state index contributed by atoms with van der Waals surface area (Å²) in [6.45, 7) is 3.82. The zero-order valence-electron chi connectivity index (χ0n) is 13.2. The Morgan fingerprint density at radius 1 is 1.17 bits per heavy atom. The SMILES string of the molecule is CCOCc1ccccc1CNC(=O)[C@H]1Cc2ccccc2S1. The average molecular weight is 327 g/mol. The van der Waals surface area contributed by atoms with Gasteiger partial charge in [-0.1, -0.05) is 42.5 Å². The van der Waals surface area contributed by atoms with Gasteiger partial charge in [0.1, 0.15) is 0 Å². The van der Waals surface area contributed by atoms with Crippen molar-refractivity contribution in [3.63, 3.8) is 0 Å². The number of thioether (sulfide) groups is 1. The van der Waals surface area contributed by atoms with Gasteiger partial charge in [0, 0.05) is 18.0 Å². The van der Waals surface area contributed by atoms with Crippen LogP contribution in [0.1, 0.15) is 23.6 Å². The number of amides is 1. The molecule has 1 heterocycles. The van der Waals surface area contributed by atoms with E-state index in [-0.39, 0.29) is 11.2 Å². The van der Waals surface area contributed by atoms with Crippen molar-refractivity contribution in [2.75, 3.05) is 6.61 Å². The van der Waals surface area contributed by atoms with Crippen molar-refractivity contribution in [3.05, 3.63) is 65.2 Å². The molecule has 0 aliphatic carbocycles. The molecule has 0 aromatic heterocycles. The number of hydrogen-bond donors (Lipinski definition) is 1. The summed E-state index contributed by atoms with van der Waals surface area (Å²) in [4.78, 5) is 13.7. The van der Waals surface area contributed by atoms with E-state index >= 15 is 0 Å². The van der Waals surface area contributed by atoms with Gasteiger partial charge in [-0.15, -0.1) is 11.8 Å². The second-order valence-electron chi connectivity index (χ2n) is 5.54. The fourth-order valence-corrected chi connectivity index (χ4v) is 3.93. The van der Waals surface area contributed by atoms with Gasteiger partial charge >= 0.3 is 0 Å². The minimum absolute atomic E-state index is 0.0218. The molecular weight excluding hydrogens is 306 g/mol. The summed E-state index contributed by atoms with van der Waals surface area (Å²) in [6, 6.07) is 16.3. The van der Waals surface area contributed by atoms with Crippen LogP contribution in [0.5, 0.6) is 0 Å². The summed E-state index contributed by atoms with van der Waals surface area (Å²) < 4.78 is 5.49. The van der Waals surface area contributed by atoms with Crippen LogP contribution >= 0.6 is 11.8 Å². The Balaban J connectivity index is 1.58. The molecule has 0 bridgehead atoms. The molecule has 4 heteroatoms. The van der Waals surface area contributed by atoms with E-state index in [2.05, 4.69) is 23.5 Å². The average Bonchev–Trinajstić information content (AvgIpc) is 3.02. The van der Waals surface area contributed by atoms with Gasteiger partial charge in [0.15, 0.2) is 0 Å². The summed E-state index contributed by atoms with van der Waals surface area (Å²) in [5.74, 6) is 0.109. The Kier molecular flexibility index (Phi) is 5.36. The molecule has 1 atom stereocenters. The van der Waals surface area contributed by atoms with Gasteiger partial charge < -0.3 is 10.1 Å². The molecule has 23 heavy (non-hydrogen) atoms. The van der Waals surface area contributed by atoms with Gasteiger partial charge in [0.05, 0.1) is 11.9 Å². The van der Waals surface area contributed by atoms with Gasteiger partial charge in [0.2, 0.25) is 5.91 Å². The lowest BCUT2D eigenvalue weighted by molar-refractivity contribution is -0.120. The molecule has 0 saturated carbocycles. The van der Waals surface area contributed by atoms with Crippen LogP contribution in [0, 0.1) is 0 Å². The quantitative estimate of drug-likeness (QED) is 0.882. The van der Waals surface area contributed by atoms with E-state index in [4.69, 9.17) is 4.74 Å². The van der Waals surface area contributed by atoms with Crippen LogP contribution in [0.3, 0.4) is 0 Å². The summed E-state index contributed by atoms with van der Waals surface area (Å²) in [5, 5.41) is 3.06. The monoisotopic (exact) mass is 327 g/mol. The number of hydrogen-bond acceptors (Lipinski definition) is 3. The van der Waals surface area contributed by atoms with Crippen LogP contribution in [0.2, 0.25) is 0 Å². The molecule has 2 aromatic carbocycles. The molecule has 1 aliphatic heterocycles. The third-order valence-electron chi connectivity index (χ3n) is 3.97. The van der Waals surface area contributed by atoms with Crippen LogP contribution < -0.4 is 5.32 Å². The Morgan fingerprint density at radius 2 is 1.91 bits per heavy atom. The van der Waals surface area contributed by atoms with E-state index in [9.17, 15) is 4.79 Å². The highest BCUT2D eigenvalue weighted by atomic mass is 32.2. The predicted octanol–water partition coefficient (Wildman–Crippen LogP) is 3.56. The topological polar surface area (TPSA) is 38.3 Å². The van der Waals surface area contributed by atoms with Crippen LogP contribution in [0.25, 0.3) is 0 Å². The fourth-order valence-electron chi connectivity index (χ4n) is 2.71. The Hall–Kier alpha value is -1.78.